The molecule has 2 aliphatic heterocycles. The average Bonchev–Trinajstić information content (AvgIpc) is 2.96. The largest absolute Gasteiger partial charge is 0.344 e. The van der Waals surface area contributed by atoms with Crippen LogP contribution in [0.15, 0.2) is 0 Å². The summed E-state index contributed by atoms with van der Waals surface area (Å²) in [5, 5.41) is 0. The zero-order valence-electron chi connectivity index (χ0n) is 11.8. The number of ketones is 1. The van der Waals surface area contributed by atoms with Gasteiger partial charge in [0, 0.05) is 24.3 Å². The van der Waals surface area contributed by atoms with E-state index >= 15 is 0 Å². The van der Waals surface area contributed by atoms with Gasteiger partial charge >= 0.3 is 0 Å². The highest BCUT2D eigenvalue weighted by molar-refractivity contribution is 5.98. The number of amides is 1. The second-order valence-electron chi connectivity index (χ2n) is 7.02. The van der Waals surface area contributed by atoms with Gasteiger partial charge in [-0.15, -0.1) is 0 Å². The summed E-state index contributed by atoms with van der Waals surface area (Å²) in [4.78, 5) is 26.9. The molecule has 6 unspecified atom stereocenters. The van der Waals surface area contributed by atoms with Crippen molar-refractivity contribution >= 4 is 11.7 Å². The van der Waals surface area contributed by atoms with E-state index in [1.807, 2.05) is 11.8 Å². The highest BCUT2D eigenvalue weighted by atomic mass is 16.5. The molecule has 0 spiro atoms. The van der Waals surface area contributed by atoms with E-state index in [2.05, 4.69) is 13.8 Å². The maximum Gasteiger partial charge on any atom is 0.229 e. The standard InChI is InChI=1S/C15H21NO3/c1-4-16-14(18)10-8-5-9-11(10)15(16,6-7(2)3)19-13(9)12(8)17/h7-11,13H,4-6H2,1-3H3. The summed E-state index contributed by atoms with van der Waals surface area (Å²) < 4.78 is 6.27. The van der Waals surface area contributed by atoms with E-state index in [0.717, 1.165) is 12.8 Å². The minimum Gasteiger partial charge on any atom is -0.344 e. The van der Waals surface area contributed by atoms with Gasteiger partial charge in [-0.2, -0.15) is 0 Å². The summed E-state index contributed by atoms with van der Waals surface area (Å²) in [7, 11) is 0. The van der Waals surface area contributed by atoms with Crippen molar-refractivity contribution in [2.45, 2.75) is 45.4 Å². The Hall–Kier alpha value is -0.900. The molecular weight excluding hydrogens is 242 g/mol. The van der Waals surface area contributed by atoms with Gasteiger partial charge in [0.1, 0.15) is 11.8 Å². The lowest BCUT2D eigenvalue weighted by molar-refractivity contribution is -0.174. The fourth-order valence-corrected chi connectivity index (χ4v) is 5.43. The molecule has 0 aromatic heterocycles. The molecule has 0 radical (unpaired) electrons. The second kappa shape index (κ2) is 3.40. The zero-order valence-corrected chi connectivity index (χ0v) is 11.8. The molecule has 104 valence electrons. The van der Waals surface area contributed by atoms with Crippen LogP contribution in [-0.4, -0.2) is 35.0 Å². The average molecular weight is 263 g/mol. The number of fused-ring (bicyclic) bond motifs is 2. The SMILES string of the molecule is CCN1C(=O)C2C3CC4C(OC1(CC(C)C)C42)C3=O. The molecule has 2 bridgehead atoms. The molecule has 2 saturated heterocycles. The summed E-state index contributed by atoms with van der Waals surface area (Å²) in [6.07, 6.45) is 1.54. The highest BCUT2D eigenvalue weighted by Gasteiger charge is 2.78. The van der Waals surface area contributed by atoms with Crippen molar-refractivity contribution in [2.24, 2.45) is 29.6 Å². The van der Waals surface area contributed by atoms with Gasteiger partial charge in [0.15, 0.2) is 5.78 Å². The Morgan fingerprint density at radius 2 is 2.16 bits per heavy atom. The van der Waals surface area contributed by atoms with Crippen molar-refractivity contribution < 1.29 is 14.3 Å². The molecule has 4 nitrogen and oxygen atoms in total. The van der Waals surface area contributed by atoms with Crippen LogP contribution in [0.1, 0.15) is 33.6 Å². The van der Waals surface area contributed by atoms with Gasteiger partial charge in [0.25, 0.3) is 0 Å². The van der Waals surface area contributed by atoms with Gasteiger partial charge in [0.2, 0.25) is 5.91 Å². The van der Waals surface area contributed by atoms with Crippen LogP contribution in [0.3, 0.4) is 0 Å². The molecule has 0 N–H and O–H groups in total. The van der Waals surface area contributed by atoms with E-state index in [1.54, 1.807) is 0 Å². The third kappa shape index (κ3) is 1.12. The maximum atomic E-state index is 12.7. The number of hydrogen-bond acceptors (Lipinski definition) is 3. The third-order valence-corrected chi connectivity index (χ3v) is 5.72. The Bertz CT molecular complexity index is 474. The van der Waals surface area contributed by atoms with Crippen molar-refractivity contribution in [2.75, 3.05) is 6.54 Å². The smallest absolute Gasteiger partial charge is 0.229 e. The van der Waals surface area contributed by atoms with E-state index in [0.29, 0.717) is 18.4 Å². The molecule has 19 heavy (non-hydrogen) atoms. The van der Waals surface area contributed by atoms with Crippen LogP contribution in [0.2, 0.25) is 0 Å². The molecule has 4 rings (SSSR count). The van der Waals surface area contributed by atoms with Gasteiger partial charge in [-0.1, -0.05) is 13.8 Å². The Morgan fingerprint density at radius 3 is 2.79 bits per heavy atom. The summed E-state index contributed by atoms with van der Waals surface area (Å²) >= 11 is 0. The van der Waals surface area contributed by atoms with Crippen LogP contribution in [-0.2, 0) is 14.3 Å². The summed E-state index contributed by atoms with van der Waals surface area (Å²) in [5.41, 5.74) is -0.471. The number of rotatable bonds is 3. The lowest BCUT2D eigenvalue weighted by atomic mass is 9.76. The van der Waals surface area contributed by atoms with Gasteiger partial charge in [0.05, 0.1) is 5.92 Å². The fourth-order valence-electron chi connectivity index (χ4n) is 5.43. The zero-order chi connectivity index (χ0) is 13.5. The Labute approximate surface area is 113 Å². The quantitative estimate of drug-likeness (QED) is 0.774. The van der Waals surface area contributed by atoms with Crippen molar-refractivity contribution in [1.82, 2.24) is 4.90 Å². The number of ether oxygens (including phenoxy) is 1. The number of nitrogens with zero attached hydrogens (tertiary/aromatic N) is 1. The number of hydrogen-bond donors (Lipinski definition) is 0. The number of carbonyl (C=O) groups excluding carboxylic acids is 2. The van der Waals surface area contributed by atoms with Crippen LogP contribution < -0.4 is 0 Å². The molecule has 2 aliphatic carbocycles. The van der Waals surface area contributed by atoms with Crippen molar-refractivity contribution in [1.29, 1.82) is 0 Å². The van der Waals surface area contributed by atoms with E-state index in [9.17, 15) is 9.59 Å². The van der Waals surface area contributed by atoms with E-state index < -0.39 is 5.72 Å². The molecule has 4 heteroatoms. The van der Waals surface area contributed by atoms with E-state index in [4.69, 9.17) is 4.74 Å². The fraction of sp³-hybridized carbons (Fsp3) is 0.867. The van der Waals surface area contributed by atoms with Gasteiger partial charge in [-0.3, -0.25) is 9.59 Å². The van der Waals surface area contributed by atoms with E-state index in [1.165, 1.54) is 0 Å². The molecule has 4 aliphatic rings. The molecule has 4 fully saturated rings. The summed E-state index contributed by atoms with van der Waals surface area (Å²) in [6, 6.07) is 0. The molecule has 6 atom stereocenters. The Kier molecular flexibility index (Phi) is 2.13. The number of carbonyl (C=O) groups is 2. The molecule has 1 amide bonds. The van der Waals surface area contributed by atoms with Crippen LogP contribution >= 0.6 is 0 Å². The summed E-state index contributed by atoms with van der Waals surface area (Å²) in [5.74, 6) is 1.31. The van der Waals surface area contributed by atoms with Crippen LogP contribution in [0.4, 0.5) is 0 Å². The first-order valence-corrected chi connectivity index (χ1v) is 7.54. The Balaban J connectivity index is 1.84. The van der Waals surface area contributed by atoms with E-state index in [-0.39, 0.29) is 35.5 Å². The first kappa shape index (κ1) is 11.9. The first-order valence-electron chi connectivity index (χ1n) is 7.54. The van der Waals surface area contributed by atoms with Gasteiger partial charge in [-0.25, -0.2) is 0 Å². The van der Waals surface area contributed by atoms with Crippen molar-refractivity contribution in [3.05, 3.63) is 0 Å². The lowest BCUT2D eigenvalue weighted by Crippen LogP contribution is -2.51. The van der Waals surface area contributed by atoms with Crippen molar-refractivity contribution in [3.8, 4) is 0 Å². The molecule has 2 heterocycles. The molecule has 0 aromatic carbocycles. The predicted molar refractivity (Wildman–Crippen MR) is 68.0 cm³/mol. The van der Waals surface area contributed by atoms with Crippen LogP contribution in [0, 0.1) is 29.6 Å². The number of likely N-dealkylation sites (tertiary alicyclic amines) is 1. The Morgan fingerprint density at radius 1 is 1.42 bits per heavy atom. The molecular formula is C15H21NO3. The monoisotopic (exact) mass is 263 g/mol. The topological polar surface area (TPSA) is 46.6 Å². The number of Topliss-reactive ketones (excluding diaryl/α,β-unsaturated/α-hetero) is 1. The lowest BCUT2D eigenvalue weighted by Gasteiger charge is -2.39. The minimum absolute atomic E-state index is 0.0434. The maximum absolute atomic E-state index is 12.7. The predicted octanol–water partition coefficient (Wildman–Crippen LogP) is 1.44. The second-order valence-corrected chi connectivity index (χ2v) is 7.02. The highest BCUT2D eigenvalue weighted by Crippen LogP contribution is 2.67. The summed E-state index contributed by atoms with van der Waals surface area (Å²) in [6.45, 7) is 7.04. The van der Waals surface area contributed by atoms with Gasteiger partial charge < -0.3 is 9.64 Å². The normalized spacial score (nSPS) is 50.1. The van der Waals surface area contributed by atoms with Crippen molar-refractivity contribution in [3.63, 3.8) is 0 Å². The van der Waals surface area contributed by atoms with Crippen LogP contribution in [0.5, 0.6) is 0 Å². The van der Waals surface area contributed by atoms with Gasteiger partial charge in [-0.05, 0) is 25.7 Å². The van der Waals surface area contributed by atoms with Crippen LogP contribution in [0.25, 0.3) is 0 Å². The minimum atomic E-state index is -0.471. The molecule has 0 aromatic rings. The molecule has 2 saturated carbocycles. The third-order valence-electron chi connectivity index (χ3n) is 5.72. The first-order chi connectivity index (χ1) is 9.01.